The summed E-state index contributed by atoms with van der Waals surface area (Å²) in [5.74, 6) is 0. The normalized spacial score (nSPS) is 55.4. The van der Waals surface area contributed by atoms with Crippen LogP contribution in [-0.4, -0.2) is 326 Å². The second kappa shape index (κ2) is 22.1. The molecule has 7 rings (SSSR count). The zero-order valence-corrected chi connectivity index (χ0v) is 36.1. The largest absolute Gasteiger partial charge is 0.394 e. The summed E-state index contributed by atoms with van der Waals surface area (Å²) in [6.07, 6.45) is -48.7. The fourth-order valence-electron chi connectivity index (χ4n) is 9.79. The molecule has 6 saturated heterocycles. The van der Waals surface area contributed by atoms with Crippen molar-refractivity contribution in [2.75, 3.05) is 39.6 Å². The summed E-state index contributed by atoms with van der Waals surface area (Å²) in [5, 5.41) is 205. The zero-order chi connectivity index (χ0) is 49.8. The summed E-state index contributed by atoms with van der Waals surface area (Å²) in [5.41, 5.74) is -1.82. The molecular formula is C38H65NO29. The number of ether oxygens (including phenoxy) is 10. The molecule has 396 valence electrons. The Balaban J connectivity index is 0.975. The molecule has 0 bridgehead atoms. The van der Waals surface area contributed by atoms with Crippen molar-refractivity contribution in [2.24, 2.45) is 0 Å². The van der Waals surface area contributed by atoms with E-state index in [4.69, 9.17) is 47.4 Å². The van der Waals surface area contributed by atoms with Crippen LogP contribution >= 0.6 is 0 Å². The number of aliphatic hydroxyl groups excluding tert-OH is 19. The minimum absolute atomic E-state index is 0.693. The molecule has 6 aliphatic heterocycles. The molecule has 31 atom stereocenters. The van der Waals surface area contributed by atoms with Crippen LogP contribution in [0.25, 0.3) is 0 Å². The monoisotopic (exact) mass is 999 g/mol. The van der Waals surface area contributed by atoms with Crippen LogP contribution < -0.4 is 5.32 Å². The van der Waals surface area contributed by atoms with Crippen LogP contribution in [-0.2, 0) is 47.4 Å². The van der Waals surface area contributed by atoms with E-state index in [0.29, 0.717) is 0 Å². The minimum atomic E-state index is -2.13. The standard InChI is InChI=1S/C38H65NO29/c1-8-16(46)21(51)29(11(4-42)59-8)64-35-27(57)23(53)31(13(6-44)62-35)66-36-28(58)22(52)30(12(5-43)63-36)65-34-25(55)18(48)14(9(2-40)60-34)39-15-19(49)24(54)33(38(7-45)32(15)68-38)67-37-26(56)20(50)17(47)10(3-41)61-37/h8-37,39-58H,2-7H2,1H3. The third-order valence-electron chi connectivity index (χ3n) is 13.9. The van der Waals surface area contributed by atoms with Crippen LogP contribution in [0.4, 0.5) is 0 Å². The van der Waals surface area contributed by atoms with E-state index in [1.54, 1.807) is 0 Å². The van der Waals surface area contributed by atoms with E-state index in [9.17, 15) is 97.0 Å². The van der Waals surface area contributed by atoms with Crippen molar-refractivity contribution in [3.63, 3.8) is 0 Å². The van der Waals surface area contributed by atoms with Crippen molar-refractivity contribution in [3.05, 3.63) is 0 Å². The van der Waals surface area contributed by atoms with Crippen LogP contribution in [0, 0.1) is 0 Å². The van der Waals surface area contributed by atoms with Gasteiger partial charge in [-0.3, -0.25) is 0 Å². The maximum absolute atomic E-state index is 11.4. The lowest BCUT2D eigenvalue weighted by Crippen LogP contribution is -2.72. The molecule has 0 aromatic heterocycles. The van der Waals surface area contributed by atoms with E-state index in [1.807, 2.05) is 0 Å². The van der Waals surface area contributed by atoms with Crippen molar-refractivity contribution in [1.29, 1.82) is 0 Å². The molecule has 0 aromatic rings. The number of hydrogen-bond acceptors (Lipinski definition) is 30. The smallest absolute Gasteiger partial charge is 0.187 e. The van der Waals surface area contributed by atoms with Gasteiger partial charge in [0.25, 0.3) is 0 Å². The maximum atomic E-state index is 11.4. The summed E-state index contributed by atoms with van der Waals surface area (Å²) in [4.78, 5) is 0. The Morgan fingerprint density at radius 2 is 0.765 bits per heavy atom. The first-order valence-corrected chi connectivity index (χ1v) is 22.1. The van der Waals surface area contributed by atoms with Gasteiger partial charge >= 0.3 is 0 Å². The second-order valence-corrected chi connectivity index (χ2v) is 18.1. The van der Waals surface area contributed by atoms with Gasteiger partial charge in [0.15, 0.2) is 25.2 Å². The van der Waals surface area contributed by atoms with Gasteiger partial charge in [0.1, 0.15) is 146 Å². The molecular weight excluding hydrogens is 934 g/mol. The Morgan fingerprint density at radius 3 is 1.24 bits per heavy atom. The highest BCUT2D eigenvalue weighted by atomic mass is 16.8. The number of rotatable bonds is 16. The third kappa shape index (κ3) is 9.95. The molecule has 68 heavy (non-hydrogen) atoms. The quantitative estimate of drug-likeness (QED) is 0.0638. The van der Waals surface area contributed by atoms with Gasteiger partial charge < -0.3 is 150 Å². The van der Waals surface area contributed by atoms with Crippen LogP contribution in [0.2, 0.25) is 0 Å². The molecule has 6 heterocycles. The number of fused-ring (bicyclic) bond motifs is 1. The van der Waals surface area contributed by atoms with E-state index in [-0.39, 0.29) is 0 Å². The fourth-order valence-corrected chi connectivity index (χ4v) is 9.79. The molecule has 0 radical (unpaired) electrons. The van der Waals surface area contributed by atoms with Crippen molar-refractivity contribution < 1.29 is 144 Å². The predicted molar refractivity (Wildman–Crippen MR) is 207 cm³/mol. The van der Waals surface area contributed by atoms with Gasteiger partial charge in [-0.15, -0.1) is 0 Å². The Kier molecular flexibility index (Phi) is 17.7. The molecule has 1 saturated carbocycles. The Bertz CT molecular complexity index is 1610. The van der Waals surface area contributed by atoms with Crippen LogP contribution in [0.1, 0.15) is 6.92 Å². The van der Waals surface area contributed by atoms with Crippen molar-refractivity contribution in [1.82, 2.24) is 5.32 Å². The average molecular weight is 1000 g/mol. The fraction of sp³-hybridized carbons (Fsp3) is 1.00. The average Bonchev–Trinajstić information content (AvgIpc) is 4.08. The number of nitrogens with one attached hydrogen (secondary N) is 1. The van der Waals surface area contributed by atoms with Crippen LogP contribution in [0.15, 0.2) is 0 Å². The molecule has 31 unspecified atom stereocenters. The van der Waals surface area contributed by atoms with Crippen molar-refractivity contribution >= 4 is 0 Å². The van der Waals surface area contributed by atoms with E-state index >= 15 is 0 Å². The van der Waals surface area contributed by atoms with Crippen LogP contribution in [0.5, 0.6) is 0 Å². The highest BCUT2D eigenvalue weighted by Gasteiger charge is 2.73. The maximum Gasteiger partial charge on any atom is 0.187 e. The number of epoxide rings is 1. The first-order valence-electron chi connectivity index (χ1n) is 22.1. The van der Waals surface area contributed by atoms with Gasteiger partial charge in [-0.2, -0.15) is 0 Å². The first kappa shape index (κ1) is 54.6. The third-order valence-corrected chi connectivity index (χ3v) is 13.9. The second-order valence-electron chi connectivity index (χ2n) is 18.1. The van der Waals surface area contributed by atoms with E-state index in [2.05, 4.69) is 5.32 Å². The lowest BCUT2D eigenvalue weighted by atomic mass is 9.78. The van der Waals surface area contributed by atoms with Gasteiger partial charge in [-0.25, -0.2) is 0 Å². The molecule has 7 fully saturated rings. The number of aliphatic hydroxyl groups is 19. The SMILES string of the molecule is CC1OC(CO)C(OC2OC(CO)C(OC3OC(CO)C(OC4OC(CO)C(NC5C(O)C(O)C(OC6OC(CO)C(O)C(O)C6O)C6(CO)OC56)C(O)C4O)C(O)C3O)C(O)C2O)C(O)C1O. The van der Waals surface area contributed by atoms with Gasteiger partial charge in [0.05, 0.1) is 57.8 Å². The van der Waals surface area contributed by atoms with Gasteiger partial charge in [-0.05, 0) is 6.92 Å². The molecule has 7 aliphatic rings. The zero-order valence-electron chi connectivity index (χ0n) is 36.1. The molecule has 1 aliphatic carbocycles. The summed E-state index contributed by atoms with van der Waals surface area (Å²) in [7, 11) is 0. The highest BCUT2D eigenvalue weighted by Crippen LogP contribution is 2.50. The molecule has 0 aromatic carbocycles. The van der Waals surface area contributed by atoms with E-state index < -0.39 is 229 Å². The van der Waals surface area contributed by atoms with E-state index in [0.717, 1.165) is 0 Å². The van der Waals surface area contributed by atoms with Gasteiger partial charge in [0.2, 0.25) is 0 Å². The van der Waals surface area contributed by atoms with E-state index in [1.165, 1.54) is 6.92 Å². The Hall–Kier alpha value is -1.20. The molecule has 0 spiro atoms. The number of hydrogen-bond donors (Lipinski definition) is 20. The Morgan fingerprint density at radius 1 is 0.382 bits per heavy atom. The van der Waals surface area contributed by atoms with Gasteiger partial charge in [0, 0.05) is 0 Å². The summed E-state index contributed by atoms with van der Waals surface area (Å²) in [6, 6.07) is -2.94. The summed E-state index contributed by atoms with van der Waals surface area (Å²) < 4.78 is 56.3. The lowest BCUT2D eigenvalue weighted by Gasteiger charge is -2.49. The summed E-state index contributed by atoms with van der Waals surface area (Å²) >= 11 is 0. The minimum Gasteiger partial charge on any atom is -0.394 e. The Labute approximate surface area is 385 Å². The summed E-state index contributed by atoms with van der Waals surface area (Å²) in [6.45, 7) is -3.79. The molecule has 30 heteroatoms. The van der Waals surface area contributed by atoms with Crippen molar-refractivity contribution in [3.8, 4) is 0 Å². The predicted octanol–water partition coefficient (Wildman–Crippen LogP) is -13.7. The first-order chi connectivity index (χ1) is 32.2. The van der Waals surface area contributed by atoms with Crippen molar-refractivity contribution in [2.45, 2.75) is 196 Å². The van der Waals surface area contributed by atoms with Gasteiger partial charge in [-0.1, -0.05) is 0 Å². The molecule has 20 N–H and O–H groups in total. The molecule has 30 nitrogen and oxygen atoms in total. The molecule has 0 amide bonds. The van der Waals surface area contributed by atoms with Crippen LogP contribution in [0.3, 0.4) is 0 Å². The topological polar surface area (TPSA) is 492 Å². The lowest BCUT2D eigenvalue weighted by molar-refractivity contribution is -0.383. The highest BCUT2D eigenvalue weighted by molar-refractivity contribution is 5.23.